The molecule has 0 spiro atoms. The highest BCUT2D eigenvalue weighted by Gasteiger charge is 2.13. The number of hydrogen-bond donors (Lipinski definition) is 2. The summed E-state index contributed by atoms with van der Waals surface area (Å²) < 4.78 is 26.6. The Morgan fingerprint density at radius 2 is 1.79 bits per heavy atom. The molecule has 0 aliphatic heterocycles. The zero-order valence-electron chi connectivity index (χ0n) is 9.58. The van der Waals surface area contributed by atoms with Gasteiger partial charge < -0.3 is 11.1 Å². The predicted octanol–water partition coefficient (Wildman–Crippen LogP) is 3.56. The molecular weight excluding hydrogens is 318 g/mol. The molecule has 98 valence electrons. The van der Waals surface area contributed by atoms with Gasteiger partial charge in [0.1, 0.15) is 5.82 Å². The summed E-state index contributed by atoms with van der Waals surface area (Å²) in [5, 5.41) is 2.37. The average molecular weight is 327 g/mol. The van der Waals surface area contributed by atoms with Crippen molar-refractivity contribution < 1.29 is 13.6 Å². The first-order valence-corrected chi connectivity index (χ1v) is 6.08. The number of carbonyl (C=O) groups is 1. The topological polar surface area (TPSA) is 55.1 Å². The standard InChI is InChI=1S/C13H9BrF2N2O/c14-10-5-8(15)6-11(16)12(10)18-13(19)7-1-3-9(17)4-2-7/h1-6H,17H2,(H,18,19). The summed E-state index contributed by atoms with van der Waals surface area (Å²) in [5.74, 6) is -2.09. The van der Waals surface area contributed by atoms with Crippen LogP contribution in [0.1, 0.15) is 10.4 Å². The largest absolute Gasteiger partial charge is 0.399 e. The third-order valence-electron chi connectivity index (χ3n) is 2.42. The van der Waals surface area contributed by atoms with Gasteiger partial charge in [-0.3, -0.25) is 4.79 Å². The maximum absolute atomic E-state index is 13.5. The maximum atomic E-state index is 13.5. The maximum Gasteiger partial charge on any atom is 0.255 e. The minimum absolute atomic E-state index is 0.108. The lowest BCUT2D eigenvalue weighted by molar-refractivity contribution is 0.102. The van der Waals surface area contributed by atoms with Crippen molar-refractivity contribution in [2.45, 2.75) is 0 Å². The molecule has 0 aliphatic rings. The molecule has 0 fully saturated rings. The number of carbonyl (C=O) groups excluding carboxylic acids is 1. The van der Waals surface area contributed by atoms with Gasteiger partial charge in [0.05, 0.1) is 5.69 Å². The summed E-state index contributed by atoms with van der Waals surface area (Å²) in [4.78, 5) is 11.9. The smallest absolute Gasteiger partial charge is 0.255 e. The van der Waals surface area contributed by atoms with Gasteiger partial charge in [-0.25, -0.2) is 8.78 Å². The first-order chi connectivity index (χ1) is 8.97. The molecule has 0 aromatic heterocycles. The molecule has 2 aromatic rings. The lowest BCUT2D eigenvalue weighted by Crippen LogP contribution is -2.13. The van der Waals surface area contributed by atoms with Crippen LogP contribution in [0.2, 0.25) is 0 Å². The number of anilines is 2. The van der Waals surface area contributed by atoms with Crippen LogP contribution in [-0.2, 0) is 0 Å². The van der Waals surface area contributed by atoms with Gasteiger partial charge in [-0.2, -0.15) is 0 Å². The SMILES string of the molecule is Nc1ccc(C(=O)Nc2c(F)cc(F)cc2Br)cc1. The molecule has 2 aromatic carbocycles. The van der Waals surface area contributed by atoms with Crippen LogP contribution in [0, 0.1) is 11.6 Å². The van der Waals surface area contributed by atoms with Crippen molar-refractivity contribution in [3.8, 4) is 0 Å². The summed E-state index contributed by atoms with van der Waals surface area (Å²) in [6, 6.07) is 7.92. The molecule has 0 aliphatic carbocycles. The molecule has 0 unspecified atom stereocenters. The Morgan fingerprint density at radius 3 is 2.37 bits per heavy atom. The van der Waals surface area contributed by atoms with Crippen LogP contribution in [0.25, 0.3) is 0 Å². The Hall–Kier alpha value is -1.95. The summed E-state index contributed by atoms with van der Waals surface area (Å²) in [7, 11) is 0. The monoisotopic (exact) mass is 326 g/mol. The Balaban J connectivity index is 2.26. The molecule has 3 nitrogen and oxygen atoms in total. The number of benzene rings is 2. The van der Waals surface area contributed by atoms with Gasteiger partial charge in [0.2, 0.25) is 0 Å². The van der Waals surface area contributed by atoms with E-state index in [1.54, 1.807) is 12.1 Å². The highest BCUT2D eigenvalue weighted by atomic mass is 79.9. The zero-order chi connectivity index (χ0) is 14.0. The molecule has 2 rings (SSSR count). The highest BCUT2D eigenvalue weighted by Crippen LogP contribution is 2.27. The van der Waals surface area contributed by atoms with Gasteiger partial charge in [-0.15, -0.1) is 0 Å². The first kappa shape index (κ1) is 13.5. The molecule has 0 heterocycles. The van der Waals surface area contributed by atoms with Crippen LogP contribution in [0.5, 0.6) is 0 Å². The summed E-state index contributed by atoms with van der Waals surface area (Å²) in [5.41, 5.74) is 6.24. The fourth-order valence-corrected chi connectivity index (χ4v) is 1.99. The van der Waals surface area contributed by atoms with E-state index in [4.69, 9.17) is 5.73 Å². The van der Waals surface area contributed by atoms with Gasteiger partial charge in [-0.05, 0) is 46.3 Å². The summed E-state index contributed by atoms with van der Waals surface area (Å²) in [6.07, 6.45) is 0. The number of nitrogen functional groups attached to an aromatic ring is 1. The van der Waals surface area contributed by atoms with E-state index in [0.29, 0.717) is 17.3 Å². The second-order valence-corrected chi connectivity index (χ2v) is 4.67. The minimum atomic E-state index is -0.851. The second-order valence-electron chi connectivity index (χ2n) is 3.82. The normalized spacial score (nSPS) is 10.3. The third-order valence-corrected chi connectivity index (χ3v) is 3.04. The number of nitrogens with one attached hydrogen (secondary N) is 1. The number of hydrogen-bond acceptors (Lipinski definition) is 2. The Morgan fingerprint density at radius 1 is 1.16 bits per heavy atom. The molecular formula is C13H9BrF2N2O. The van der Waals surface area contributed by atoms with E-state index in [1.807, 2.05) is 0 Å². The van der Waals surface area contributed by atoms with Crippen LogP contribution in [-0.4, -0.2) is 5.91 Å². The van der Waals surface area contributed by atoms with Crippen molar-refractivity contribution in [2.75, 3.05) is 11.1 Å². The van der Waals surface area contributed by atoms with Crippen molar-refractivity contribution in [3.05, 3.63) is 58.1 Å². The van der Waals surface area contributed by atoms with Gasteiger partial charge in [0.15, 0.2) is 5.82 Å². The first-order valence-electron chi connectivity index (χ1n) is 5.29. The molecule has 3 N–H and O–H groups in total. The fraction of sp³-hybridized carbons (Fsp3) is 0. The zero-order valence-corrected chi connectivity index (χ0v) is 11.2. The van der Waals surface area contributed by atoms with E-state index in [2.05, 4.69) is 21.2 Å². The predicted molar refractivity (Wildman–Crippen MR) is 72.9 cm³/mol. The van der Waals surface area contributed by atoms with Crippen molar-refractivity contribution in [2.24, 2.45) is 0 Å². The number of amides is 1. The lowest BCUT2D eigenvalue weighted by atomic mass is 10.2. The van der Waals surface area contributed by atoms with Crippen LogP contribution in [0.3, 0.4) is 0 Å². The Kier molecular flexibility index (Phi) is 3.80. The van der Waals surface area contributed by atoms with Gasteiger partial charge in [0.25, 0.3) is 5.91 Å². The number of halogens is 3. The van der Waals surface area contributed by atoms with E-state index in [0.717, 1.165) is 6.07 Å². The van der Waals surface area contributed by atoms with E-state index in [1.165, 1.54) is 12.1 Å². The van der Waals surface area contributed by atoms with Crippen molar-refractivity contribution in [1.82, 2.24) is 0 Å². The fourth-order valence-electron chi connectivity index (χ4n) is 1.48. The van der Waals surface area contributed by atoms with Gasteiger partial charge in [0, 0.05) is 21.8 Å². The van der Waals surface area contributed by atoms with E-state index in [-0.39, 0.29) is 10.2 Å². The summed E-state index contributed by atoms with van der Waals surface area (Å²) >= 11 is 3.00. The molecule has 0 saturated heterocycles. The molecule has 0 radical (unpaired) electrons. The second kappa shape index (κ2) is 5.36. The molecule has 6 heteroatoms. The Bertz CT molecular complexity index is 606. The van der Waals surface area contributed by atoms with Crippen molar-refractivity contribution in [3.63, 3.8) is 0 Å². The molecule has 1 amide bonds. The lowest BCUT2D eigenvalue weighted by Gasteiger charge is -2.09. The summed E-state index contributed by atoms with van der Waals surface area (Å²) in [6.45, 7) is 0. The minimum Gasteiger partial charge on any atom is -0.399 e. The Labute approximate surface area is 116 Å². The van der Waals surface area contributed by atoms with Crippen LogP contribution in [0.4, 0.5) is 20.2 Å². The molecule has 0 saturated carbocycles. The van der Waals surface area contributed by atoms with Gasteiger partial charge in [-0.1, -0.05) is 0 Å². The average Bonchev–Trinajstić information content (AvgIpc) is 2.34. The van der Waals surface area contributed by atoms with E-state index in [9.17, 15) is 13.6 Å². The van der Waals surface area contributed by atoms with Crippen LogP contribution < -0.4 is 11.1 Å². The third kappa shape index (κ3) is 3.08. The van der Waals surface area contributed by atoms with Gasteiger partial charge >= 0.3 is 0 Å². The van der Waals surface area contributed by atoms with Crippen molar-refractivity contribution in [1.29, 1.82) is 0 Å². The number of rotatable bonds is 2. The molecule has 19 heavy (non-hydrogen) atoms. The molecule has 0 atom stereocenters. The van der Waals surface area contributed by atoms with Crippen molar-refractivity contribution >= 4 is 33.2 Å². The van der Waals surface area contributed by atoms with Crippen LogP contribution in [0.15, 0.2) is 40.9 Å². The van der Waals surface area contributed by atoms with Crippen LogP contribution >= 0.6 is 15.9 Å². The van der Waals surface area contributed by atoms with E-state index >= 15 is 0 Å². The quantitative estimate of drug-likeness (QED) is 0.829. The molecule has 0 bridgehead atoms. The number of nitrogens with two attached hydrogens (primary N) is 1. The highest BCUT2D eigenvalue weighted by molar-refractivity contribution is 9.10. The van der Waals surface area contributed by atoms with E-state index < -0.39 is 17.5 Å².